The fourth-order valence-corrected chi connectivity index (χ4v) is 2.29. The zero-order valence-electron chi connectivity index (χ0n) is 9.63. The second-order valence-electron chi connectivity index (χ2n) is 4.81. The Morgan fingerprint density at radius 3 is 2.62 bits per heavy atom. The molecule has 1 nitrogen and oxygen atoms in total. The van der Waals surface area contributed by atoms with Crippen LogP contribution < -0.4 is 5.32 Å². The summed E-state index contributed by atoms with van der Waals surface area (Å²) in [5.74, 6) is 0.263. The van der Waals surface area contributed by atoms with Crippen LogP contribution in [0.3, 0.4) is 0 Å². The smallest absolute Gasteiger partial charge is 0.142 e. The normalized spacial score (nSPS) is 17.8. The van der Waals surface area contributed by atoms with Gasteiger partial charge in [0.1, 0.15) is 5.82 Å². The third-order valence-electron chi connectivity index (χ3n) is 2.98. The Morgan fingerprint density at radius 2 is 2.06 bits per heavy atom. The molecule has 2 rings (SSSR count). The Balaban J connectivity index is 2.26. The van der Waals surface area contributed by atoms with Gasteiger partial charge in [0, 0.05) is 17.6 Å². The van der Waals surface area contributed by atoms with E-state index in [-0.39, 0.29) is 11.9 Å². The minimum atomic E-state index is -0.130. The number of rotatable bonds is 4. The molecule has 0 radical (unpaired) electrons. The second-order valence-corrected chi connectivity index (χ2v) is 5.66. The van der Waals surface area contributed by atoms with Crippen LogP contribution in [0.15, 0.2) is 22.7 Å². The Bertz CT molecular complexity index is 374. The average molecular weight is 286 g/mol. The van der Waals surface area contributed by atoms with Gasteiger partial charge in [0.15, 0.2) is 0 Å². The minimum absolute atomic E-state index is 0.116. The van der Waals surface area contributed by atoms with E-state index in [4.69, 9.17) is 0 Å². The standard InChI is InChI=1S/C13H17BrFN/c1-8(2)13(16-9-6-7-9)10-4-3-5-11(14)12(10)15/h3-5,8-9,13,16H,6-7H2,1-2H3. The van der Waals surface area contributed by atoms with E-state index >= 15 is 0 Å². The lowest BCUT2D eigenvalue weighted by atomic mass is 9.95. The maximum Gasteiger partial charge on any atom is 0.142 e. The SMILES string of the molecule is CC(C)C(NC1CC1)c1cccc(Br)c1F. The molecule has 0 saturated heterocycles. The van der Waals surface area contributed by atoms with Gasteiger partial charge >= 0.3 is 0 Å². The Hall–Kier alpha value is -0.410. The molecule has 0 aliphatic heterocycles. The summed E-state index contributed by atoms with van der Waals surface area (Å²) in [5.41, 5.74) is 0.774. The molecule has 0 spiro atoms. The number of hydrogen-bond donors (Lipinski definition) is 1. The predicted octanol–water partition coefficient (Wildman–Crippen LogP) is 4.04. The molecule has 88 valence electrons. The van der Waals surface area contributed by atoms with Crippen LogP contribution in [0, 0.1) is 11.7 Å². The summed E-state index contributed by atoms with van der Waals surface area (Å²) in [5, 5.41) is 3.51. The van der Waals surface area contributed by atoms with Gasteiger partial charge in [-0.05, 0) is 40.8 Å². The molecular weight excluding hydrogens is 269 g/mol. The van der Waals surface area contributed by atoms with Crippen LogP contribution in [0.25, 0.3) is 0 Å². The average Bonchev–Trinajstić information content (AvgIpc) is 3.03. The van der Waals surface area contributed by atoms with E-state index in [1.165, 1.54) is 12.8 Å². The van der Waals surface area contributed by atoms with Crippen LogP contribution in [-0.4, -0.2) is 6.04 Å². The largest absolute Gasteiger partial charge is 0.307 e. The van der Waals surface area contributed by atoms with Crippen LogP contribution in [0.5, 0.6) is 0 Å². The van der Waals surface area contributed by atoms with Crippen LogP contribution in [0.4, 0.5) is 4.39 Å². The third kappa shape index (κ3) is 2.64. The molecule has 1 N–H and O–H groups in total. The van der Waals surface area contributed by atoms with Gasteiger partial charge in [-0.15, -0.1) is 0 Å². The van der Waals surface area contributed by atoms with E-state index in [1.807, 2.05) is 12.1 Å². The van der Waals surface area contributed by atoms with Crippen molar-refractivity contribution in [3.63, 3.8) is 0 Å². The highest BCUT2D eigenvalue weighted by Crippen LogP contribution is 2.31. The van der Waals surface area contributed by atoms with E-state index in [0.29, 0.717) is 16.4 Å². The number of nitrogens with one attached hydrogen (secondary N) is 1. The lowest BCUT2D eigenvalue weighted by Gasteiger charge is -2.23. The molecule has 1 aromatic rings. The van der Waals surface area contributed by atoms with Crippen molar-refractivity contribution in [2.75, 3.05) is 0 Å². The van der Waals surface area contributed by atoms with E-state index in [0.717, 1.165) is 5.56 Å². The summed E-state index contributed by atoms with van der Waals surface area (Å²) in [7, 11) is 0. The van der Waals surface area contributed by atoms with Crippen molar-refractivity contribution in [2.45, 2.75) is 38.8 Å². The van der Waals surface area contributed by atoms with Crippen molar-refractivity contribution >= 4 is 15.9 Å². The van der Waals surface area contributed by atoms with Crippen LogP contribution in [0.1, 0.15) is 38.3 Å². The molecule has 0 heterocycles. The first-order valence-electron chi connectivity index (χ1n) is 5.79. The molecule has 0 bridgehead atoms. The lowest BCUT2D eigenvalue weighted by molar-refractivity contribution is 0.394. The van der Waals surface area contributed by atoms with Crippen LogP contribution in [-0.2, 0) is 0 Å². The quantitative estimate of drug-likeness (QED) is 0.881. The third-order valence-corrected chi connectivity index (χ3v) is 3.59. The van der Waals surface area contributed by atoms with Crippen molar-refractivity contribution in [3.8, 4) is 0 Å². The number of hydrogen-bond acceptors (Lipinski definition) is 1. The summed E-state index contributed by atoms with van der Waals surface area (Å²) in [4.78, 5) is 0. The molecule has 1 atom stereocenters. The first kappa shape index (κ1) is 12.1. The highest BCUT2D eigenvalue weighted by molar-refractivity contribution is 9.10. The van der Waals surface area contributed by atoms with E-state index in [9.17, 15) is 4.39 Å². The zero-order valence-corrected chi connectivity index (χ0v) is 11.2. The monoisotopic (exact) mass is 285 g/mol. The van der Waals surface area contributed by atoms with Gasteiger partial charge in [0.2, 0.25) is 0 Å². The van der Waals surface area contributed by atoms with Crippen molar-refractivity contribution in [1.82, 2.24) is 5.32 Å². The van der Waals surface area contributed by atoms with Gasteiger partial charge in [0.25, 0.3) is 0 Å². The predicted molar refractivity (Wildman–Crippen MR) is 67.8 cm³/mol. The summed E-state index contributed by atoms with van der Waals surface area (Å²) in [6.07, 6.45) is 2.44. The number of benzene rings is 1. The Labute approximate surface area is 105 Å². The highest BCUT2D eigenvalue weighted by Gasteiger charge is 2.28. The van der Waals surface area contributed by atoms with Crippen molar-refractivity contribution in [2.24, 2.45) is 5.92 Å². The molecule has 16 heavy (non-hydrogen) atoms. The maximum atomic E-state index is 14.0. The molecule has 0 amide bonds. The maximum absolute atomic E-state index is 14.0. The summed E-state index contributed by atoms with van der Waals surface area (Å²) >= 11 is 3.24. The van der Waals surface area contributed by atoms with Crippen LogP contribution >= 0.6 is 15.9 Å². The highest BCUT2D eigenvalue weighted by atomic mass is 79.9. The Morgan fingerprint density at radius 1 is 1.38 bits per heavy atom. The number of halogens is 2. The lowest BCUT2D eigenvalue weighted by Crippen LogP contribution is -2.28. The molecule has 1 unspecified atom stereocenters. The molecule has 0 aromatic heterocycles. The summed E-state index contributed by atoms with van der Waals surface area (Å²) in [6, 6.07) is 6.22. The first-order chi connectivity index (χ1) is 7.59. The second kappa shape index (κ2) is 4.84. The fourth-order valence-electron chi connectivity index (χ4n) is 1.91. The molecule has 1 saturated carbocycles. The first-order valence-corrected chi connectivity index (χ1v) is 6.59. The van der Waals surface area contributed by atoms with E-state index in [2.05, 4.69) is 35.1 Å². The van der Waals surface area contributed by atoms with Gasteiger partial charge in [-0.1, -0.05) is 26.0 Å². The van der Waals surface area contributed by atoms with E-state index in [1.54, 1.807) is 6.07 Å². The minimum Gasteiger partial charge on any atom is -0.307 e. The molecule has 1 aliphatic rings. The summed E-state index contributed by atoms with van der Waals surface area (Å²) in [6.45, 7) is 4.25. The van der Waals surface area contributed by atoms with E-state index < -0.39 is 0 Å². The van der Waals surface area contributed by atoms with Crippen LogP contribution in [0.2, 0.25) is 0 Å². The molecule has 1 aromatic carbocycles. The van der Waals surface area contributed by atoms with Gasteiger partial charge in [-0.25, -0.2) is 4.39 Å². The van der Waals surface area contributed by atoms with Gasteiger partial charge in [-0.3, -0.25) is 0 Å². The zero-order chi connectivity index (χ0) is 11.7. The molecule has 1 aliphatic carbocycles. The van der Waals surface area contributed by atoms with Crippen molar-refractivity contribution < 1.29 is 4.39 Å². The van der Waals surface area contributed by atoms with Gasteiger partial charge in [0.05, 0.1) is 4.47 Å². The van der Waals surface area contributed by atoms with Crippen molar-refractivity contribution in [1.29, 1.82) is 0 Å². The molecule has 1 fully saturated rings. The fraction of sp³-hybridized carbons (Fsp3) is 0.538. The van der Waals surface area contributed by atoms with Gasteiger partial charge < -0.3 is 5.32 Å². The Kier molecular flexibility index (Phi) is 3.65. The molecule has 3 heteroatoms. The summed E-state index contributed by atoms with van der Waals surface area (Å²) < 4.78 is 14.5. The van der Waals surface area contributed by atoms with Gasteiger partial charge in [-0.2, -0.15) is 0 Å². The topological polar surface area (TPSA) is 12.0 Å². The van der Waals surface area contributed by atoms with Crippen molar-refractivity contribution in [3.05, 3.63) is 34.1 Å². The molecular formula is C13H17BrFN.